The summed E-state index contributed by atoms with van der Waals surface area (Å²) in [6.45, 7) is 0. The average Bonchev–Trinajstić information content (AvgIpc) is 2.68. The molecule has 6 heteroatoms. The van der Waals surface area contributed by atoms with Gasteiger partial charge in [0, 0.05) is 18.0 Å². The summed E-state index contributed by atoms with van der Waals surface area (Å²) < 4.78 is 5.02. The average molecular weight is 344 g/mol. The highest BCUT2D eigenvalue weighted by molar-refractivity contribution is 6.42. The van der Waals surface area contributed by atoms with Crippen molar-refractivity contribution in [3.8, 4) is 0 Å². The fraction of sp³-hybridized carbons (Fsp3) is 0.562. The fourth-order valence-corrected chi connectivity index (χ4v) is 4.34. The molecule has 2 aliphatic rings. The highest BCUT2D eigenvalue weighted by atomic mass is 35.5. The Labute approximate surface area is 140 Å². The van der Waals surface area contributed by atoms with Gasteiger partial charge in [-0.25, -0.2) is 0 Å². The number of carbonyl (C=O) groups excluding carboxylic acids is 1. The Hall–Kier alpha value is -0.810. The van der Waals surface area contributed by atoms with Gasteiger partial charge in [0.1, 0.15) is 0 Å². The molecule has 1 N–H and O–H groups in total. The second kappa shape index (κ2) is 6.00. The number of methoxy groups -OCH3 is 1. The molecule has 2 bridgehead atoms. The molecule has 1 aromatic carbocycles. The number of rotatable bonds is 2. The first-order chi connectivity index (χ1) is 10.4. The molecule has 4 nitrogen and oxygen atoms in total. The molecule has 120 valence electrons. The van der Waals surface area contributed by atoms with Crippen LogP contribution in [0.2, 0.25) is 10.0 Å². The predicted octanol–water partition coefficient (Wildman–Crippen LogP) is 2.70. The second-order valence-electron chi connectivity index (χ2n) is 6.17. The molecule has 0 unspecified atom stereocenters. The predicted molar refractivity (Wildman–Crippen MR) is 85.3 cm³/mol. The number of hydrogen-bond acceptors (Lipinski definition) is 4. The lowest BCUT2D eigenvalue weighted by atomic mass is 9.76. The molecule has 0 saturated carbocycles. The highest BCUT2D eigenvalue weighted by Gasteiger charge is 2.53. The zero-order valence-electron chi connectivity index (χ0n) is 12.5. The second-order valence-corrected chi connectivity index (χ2v) is 6.98. The number of carbonyl (C=O) groups is 1. The zero-order chi connectivity index (χ0) is 16.0. The third-order valence-corrected chi connectivity index (χ3v) is 5.90. The quantitative estimate of drug-likeness (QED) is 0.838. The van der Waals surface area contributed by atoms with E-state index in [1.54, 1.807) is 6.07 Å². The lowest BCUT2D eigenvalue weighted by Crippen LogP contribution is -2.49. The van der Waals surface area contributed by atoms with Gasteiger partial charge in [-0.3, -0.25) is 9.69 Å². The van der Waals surface area contributed by atoms with E-state index in [9.17, 15) is 9.90 Å². The normalized spacial score (nSPS) is 34.7. The molecule has 1 aromatic rings. The van der Waals surface area contributed by atoms with Crippen molar-refractivity contribution in [1.29, 1.82) is 0 Å². The van der Waals surface area contributed by atoms with Gasteiger partial charge in [0.15, 0.2) is 0 Å². The number of piperidine rings is 1. The van der Waals surface area contributed by atoms with Gasteiger partial charge in [-0.05, 0) is 37.6 Å². The standard InChI is InChI=1S/C16H19Cl2NO3/c1-19-12-6-9(8-3-4-10(17)11(18)5-8)15(16(21)22-2)13(19)7-14(12)20/h3-5,9,12-15,20H,6-7H2,1-2H3/t9-,12+,13+,14+,15-/m0/s1. The van der Waals surface area contributed by atoms with E-state index in [0.717, 1.165) is 5.56 Å². The van der Waals surface area contributed by atoms with Gasteiger partial charge in [0.25, 0.3) is 0 Å². The SMILES string of the molecule is COC(=O)[C@@H]1[C@H]2C[C@@H](O)[C@@H](C[C@H]1c1ccc(Cl)c(Cl)c1)N2C. The van der Waals surface area contributed by atoms with Gasteiger partial charge in [-0.1, -0.05) is 29.3 Å². The smallest absolute Gasteiger partial charge is 0.310 e. The largest absolute Gasteiger partial charge is 0.469 e. The summed E-state index contributed by atoms with van der Waals surface area (Å²) in [7, 11) is 3.37. The maximum atomic E-state index is 12.4. The summed E-state index contributed by atoms with van der Waals surface area (Å²) in [5.74, 6) is -0.563. The van der Waals surface area contributed by atoms with E-state index in [1.807, 2.05) is 19.2 Å². The van der Waals surface area contributed by atoms with Crippen molar-refractivity contribution in [2.45, 2.75) is 36.9 Å². The summed E-state index contributed by atoms with van der Waals surface area (Å²) in [6.07, 6.45) is 0.889. The molecule has 2 aliphatic heterocycles. The van der Waals surface area contributed by atoms with Crippen LogP contribution >= 0.6 is 23.2 Å². The van der Waals surface area contributed by atoms with Crippen LogP contribution in [-0.2, 0) is 9.53 Å². The van der Waals surface area contributed by atoms with Crippen molar-refractivity contribution in [2.24, 2.45) is 5.92 Å². The molecule has 0 radical (unpaired) electrons. The molecule has 3 rings (SSSR count). The number of ether oxygens (including phenoxy) is 1. The molecule has 2 saturated heterocycles. The molecular weight excluding hydrogens is 325 g/mol. The third-order valence-electron chi connectivity index (χ3n) is 5.16. The Morgan fingerprint density at radius 3 is 2.64 bits per heavy atom. The topological polar surface area (TPSA) is 49.8 Å². The van der Waals surface area contributed by atoms with E-state index in [2.05, 4.69) is 4.90 Å². The summed E-state index contributed by atoms with van der Waals surface area (Å²) in [6, 6.07) is 5.53. The van der Waals surface area contributed by atoms with E-state index in [1.165, 1.54) is 7.11 Å². The molecule has 0 aromatic heterocycles. The van der Waals surface area contributed by atoms with Crippen LogP contribution in [0.15, 0.2) is 18.2 Å². The summed E-state index contributed by atoms with van der Waals surface area (Å²) in [5, 5.41) is 11.2. The summed E-state index contributed by atoms with van der Waals surface area (Å²) in [5.41, 5.74) is 0.974. The van der Waals surface area contributed by atoms with E-state index in [4.69, 9.17) is 27.9 Å². The number of aliphatic hydroxyl groups is 1. The number of esters is 1. The maximum Gasteiger partial charge on any atom is 0.310 e. The van der Waals surface area contributed by atoms with Crippen LogP contribution < -0.4 is 0 Å². The Morgan fingerprint density at radius 2 is 2.00 bits per heavy atom. The fourth-order valence-electron chi connectivity index (χ4n) is 4.03. The highest BCUT2D eigenvalue weighted by Crippen LogP contribution is 2.47. The van der Waals surface area contributed by atoms with Crippen LogP contribution in [0, 0.1) is 5.92 Å². The minimum absolute atomic E-state index is 0.0133. The van der Waals surface area contributed by atoms with Gasteiger partial charge < -0.3 is 9.84 Å². The Balaban J connectivity index is 2.00. The van der Waals surface area contributed by atoms with Crippen LogP contribution in [0.25, 0.3) is 0 Å². The van der Waals surface area contributed by atoms with Crippen LogP contribution in [0.4, 0.5) is 0 Å². The van der Waals surface area contributed by atoms with Gasteiger partial charge >= 0.3 is 5.97 Å². The maximum absolute atomic E-state index is 12.4. The van der Waals surface area contributed by atoms with Crippen molar-refractivity contribution < 1.29 is 14.6 Å². The van der Waals surface area contributed by atoms with E-state index >= 15 is 0 Å². The number of likely N-dealkylation sites (N-methyl/N-ethyl adjacent to an activating group) is 1. The number of nitrogens with zero attached hydrogens (tertiary/aromatic N) is 1. The minimum atomic E-state index is -0.407. The Kier molecular flexibility index (Phi) is 4.38. The molecule has 2 heterocycles. The van der Waals surface area contributed by atoms with Crippen LogP contribution in [0.1, 0.15) is 24.3 Å². The van der Waals surface area contributed by atoms with Crippen molar-refractivity contribution >= 4 is 29.2 Å². The van der Waals surface area contributed by atoms with Crippen molar-refractivity contribution in [3.63, 3.8) is 0 Å². The number of benzene rings is 1. The van der Waals surface area contributed by atoms with Crippen LogP contribution in [-0.4, -0.2) is 48.3 Å². The Bertz CT molecular complexity index is 595. The zero-order valence-corrected chi connectivity index (χ0v) is 14.0. The van der Waals surface area contributed by atoms with E-state index in [0.29, 0.717) is 22.9 Å². The lowest BCUT2D eigenvalue weighted by Gasteiger charge is -2.41. The van der Waals surface area contributed by atoms with Crippen molar-refractivity contribution in [1.82, 2.24) is 4.90 Å². The number of aliphatic hydroxyl groups excluding tert-OH is 1. The van der Waals surface area contributed by atoms with Crippen LogP contribution in [0.5, 0.6) is 0 Å². The number of hydrogen-bond donors (Lipinski definition) is 1. The third kappa shape index (κ3) is 2.52. The number of fused-ring (bicyclic) bond motifs is 2. The first-order valence-electron chi connectivity index (χ1n) is 7.36. The monoisotopic (exact) mass is 343 g/mol. The van der Waals surface area contributed by atoms with Crippen molar-refractivity contribution in [2.75, 3.05) is 14.2 Å². The van der Waals surface area contributed by atoms with Gasteiger partial charge in [0.2, 0.25) is 0 Å². The van der Waals surface area contributed by atoms with E-state index in [-0.39, 0.29) is 29.9 Å². The van der Waals surface area contributed by atoms with Crippen molar-refractivity contribution in [3.05, 3.63) is 33.8 Å². The number of halogens is 2. The van der Waals surface area contributed by atoms with Crippen LogP contribution in [0.3, 0.4) is 0 Å². The van der Waals surface area contributed by atoms with Gasteiger partial charge in [-0.15, -0.1) is 0 Å². The lowest BCUT2D eigenvalue weighted by molar-refractivity contribution is -0.150. The minimum Gasteiger partial charge on any atom is -0.469 e. The summed E-state index contributed by atoms with van der Waals surface area (Å²) in [4.78, 5) is 14.5. The molecule has 2 fully saturated rings. The molecular formula is C16H19Cl2NO3. The first kappa shape index (κ1) is 16.1. The van der Waals surface area contributed by atoms with E-state index < -0.39 is 6.10 Å². The molecule has 0 aliphatic carbocycles. The summed E-state index contributed by atoms with van der Waals surface area (Å²) >= 11 is 12.1. The molecule has 22 heavy (non-hydrogen) atoms. The van der Waals surface area contributed by atoms with Gasteiger partial charge in [0.05, 0.1) is 29.2 Å². The first-order valence-corrected chi connectivity index (χ1v) is 8.12. The van der Waals surface area contributed by atoms with Gasteiger partial charge in [-0.2, -0.15) is 0 Å². The Morgan fingerprint density at radius 1 is 1.27 bits per heavy atom. The molecule has 5 atom stereocenters. The molecule has 0 spiro atoms. The molecule has 0 amide bonds.